The van der Waals surface area contributed by atoms with Crippen molar-refractivity contribution in [3.8, 4) is 0 Å². The molecule has 2 aromatic carbocycles. The zero-order valence-electron chi connectivity index (χ0n) is 15.3. The first-order valence-electron chi connectivity index (χ1n) is 8.92. The van der Waals surface area contributed by atoms with Crippen molar-refractivity contribution in [2.45, 2.75) is 36.8 Å². The Morgan fingerprint density at radius 3 is 2.04 bits per heavy atom. The summed E-state index contributed by atoms with van der Waals surface area (Å²) in [5.74, 6) is 0.140. The van der Waals surface area contributed by atoms with Crippen molar-refractivity contribution in [1.82, 2.24) is 0 Å². The maximum absolute atomic E-state index is 12.4. The Bertz CT molecular complexity index is 843. The van der Waals surface area contributed by atoms with Crippen LogP contribution in [-0.2, 0) is 9.59 Å². The summed E-state index contributed by atoms with van der Waals surface area (Å²) in [6.45, 7) is 3.35. The van der Waals surface area contributed by atoms with E-state index in [0.717, 1.165) is 23.4 Å². The molecule has 0 aliphatic heterocycles. The average molecular weight is 382 g/mol. The van der Waals surface area contributed by atoms with Crippen molar-refractivity contribution < 1.29 is 14.4 Å². The zero-order valence-corrected chi connectivity index (χ0v) is 16.1. The maximum Gasteiger partial charge on any atom is 0.237 e. The van der Waals surface area contributed by atoms with Crippen LogP contribution in [0.5, 0.6) is 0 Å². The van der Waals surface area contributed by atoms with Gasteiger partial charge in [0.1, 0.15) is 0 Å². The summed E-state index contributed by atoms with van der Waals surface area (Å²) in [5, 5.41) is 5.47. The standard InChI is InChI=1S/C21H22N2O3S/c1-13(24)15-5-7-17(8-6-15)22-20(25)14(2)27-19-11-9-18(10-12-19)23-21(26)16-3-4-16/h5-12,14,16H,3-4H2,1-2H3,(H,22,25)(H,23,26). The summed E-state index contributed by atoms with van der Waals surface area (Å²) in [4.78, 5) is 36.4. The first-order chi connectivity index (χ1) is 12.9. The van der Waals surface area contributed by atoms with E-state index in [1.807, 2.05) is 31.2 Å². The summed E-state index contributed by atoms with van der Waals surface area (Å²) in [7, 11) is 0. The highest BCUT2D eigenvalue weighted by Crippen LogP contribution is 2.31. The molecule has 1 aliphatic rings. The van der Waals surface area contributed by atoms with E-state index in [-0.39, 0.29) is 28.8 Å². The second kappa shape index (κ2) is 8.39. The van der Waals surface area contributed by atoms with Crippen LogP contribution >= 0.6 is 11.8 Å². The van der Waals surface area contributed by atoms with Gasteiger partial charge in [-0.2, -0.15) is 0 Å². The van der Waals surface area contributed by atoms with Gasteiger partial charge in [0, 0.05) is 27.8 Å². The van der Waals surface area contributed by atoms with Gasteiger partial charge in [-0.05, 0) is 75.2 Å². The van der Waals surface area contributed by atoms with E-state index in [1.165, 1.54) is 18.7 Å². The summed E-state index contributed by atoms with van der Waals surface area (Å²) in [6.07, 6.45) is 1.95. The molecule has 1 atom stereocenters. The number of ketones is 1. The number of benzene rings is 2. The van der Waals surface area contributed by atoms with E-state index < -0.39 is 0 Å². The SMILES string of the molecule is CC(=O)c1ccc(NC(=O)C(C)Sc2ccc(NC(=O)C3CC3)cc2)cc1. The minimum absolute atomic E-state index is 0.00596. The van der Waals surface area contributed by atoms with Crippen LogP contribution in [-0.4, -0.2) is 22.8 Å². The van der Waals surface area contributed by atoms with Crippen molar-refractivity contribution in [1.29, 1.82) is 0 Å². The van der Waals surface area contributed by atoms with E-state index in [2.05, 4.69) is 10.6 Å². The summed E-state index contributed by atoms with van der Waals surface area (Å²) in [5.41, 5.74) is 2.05. The van der Waals surface area contributed by atoms with Gasteiger partial charge < -0.3 is 10.6 Å². The normalized spacial score (nSPS) is 14.3. The van der Waals surface area contributed by atoms with Gasteiger partial charge in [-0.1, -0.05) is 0 Å². The predicted octanol–water partition coefficient (Wildman–Crippen LogP) is 4.36. The van der Waals surface area contributed by atoms with Gasteiger partial charge in [0.25, 0.3) is 0 Å². The van der Waals surface area contributed by atoms with Gasteiger partial charge in [-0.3, -0.25) is 14.4 Å². The highest BCUT2D eigenvalue weighted by Gasteiger charge is 2.29. The largest absolute Gasteiger partial charge is 0.326 e. The van der Waals surface area contributed by atoms with Crippen LogP contribution in [0.15, 0.2) is 53.4 Å². The van der Waals surface area contributed by atoms with E-state index in [1.54, 1.807) is 24.3 Å². The number of anilines is 2. The van der Waals surface area contributed by atoms with Gasteiger partial charge >= 0.3 is 0 Å². The third kappa shape index (κ3) is 5.44. The fourth-order valence-electron chi connectivity index (χ4n) is 2.50. The first-order valence-corrected chi connectivity index (χ1v) is 9.80. The molecule has 0 bridgehead atoms. The number of amides is 2. The molecule has 5 nitrogen and oxygen atoms in total. The molecule has 0 heterocycles. The Labute approximate surface area is 162 Å². The minimum Gasteiger partial charge on any atom is -0.326 e. The van der Waals surface area contributed by atoms with E-state index in [4.69, 9.17) is 0 Å². The van der Waals surface area contributed by atoms with Crippen LogP contribution in [0.2, 0.25) is 0 Å². The summed E-state index contributed by atoms with van der Waals surface area (Å²) < 4.78 is 0. The molecule has 0 aromatic heterocycles. The third-order valence-electron chi connectivity index (χ3n) is 4.31. The number of thioether (sulfide) groups is 1. The van der Waals surface area contributed by atoms with Crippen LogP contribution in [0, 0.1) is 5.92 Å². The van der Waals surface area contributed by atoms with E-state index in [0.29, 0.717) is 11.3 Å². The van der Waals surface area contributed by atoms with Crippen LogP contribution in [0.3, 0.4) is 0 Å². The zero-order chi connectivity index (χ0) is 19.4. The highest BCUT2D eigenvalue weighted by atomic mass is 32.2. The Hall–Kier alpha value is -2.60. The second-order valence-electron chi connectivity index (χ2n) is 6.67. The number of nitrogens with one attached hydrogen (secondary N) is 2. The molecule has 1 fully saturated rings. The monoisotopic (exact) mass is 382 g/mol. The van der Waals surface area contributed by atoms with Crippen molar-refractivity contribution in [2.24, 2.45) is 5.92 Å². The number of Topliss-reactive ketones (excluding diaryl/α,β-unsaturated/α-hetero) is 1. The smallest absolute Gasteiger partial charge is 0.237 e. The van der Waals surface area contributed by atoms with Crippen molar-refractivity contribution in [3.63, 3.8) is 0 Å². The lowest BCUT2D eigenvalue weighted by Crippen LogP contribution is -2.22. The molecule has 0 saturated heterocycles. The molecule has 1 unspecified atom stereocenters. The molecule has 140 valence electrons. The lowest BCUT2D eigenvalue weighted by atomic mass is 10.1. The lowest BCUT2D eigenvalue weighted by Gasteiger charge is -2.13. The molecule has 1 saturated carbocycles. The lowest BCUT2D eigenvalue weighted by molar-refractivity contribution is -0.117. The molecular formula is C21H22N2O3S. The molecule has 27 heavy (non-hydrogen) atoms. The molecule has 2 aromatic rings. The van der Waals surface area contributed by atoms with Crippen LogP contribution < -0.4 is 10.6 Å². The van der Waals surface area contributed by atoms with Gasteiger partial charge in [0.05, 0.1) is 5.25 Å². The molecule has 0 radical (unpaired) electrons. The van der Waals surface area contributed by atoms with Crippen molar-refractivity contribution >= 4 is 40.7 Å². The Kier molecular flexibility index (Phi) is 5.96. The van der Waals surface area contributed by atoms with Crippen molar-refractivity contribution in [3.05, 3.63) is 54.1 Å². The van der Waals surface area contributed by atoms with Gasteiger partial charge in [-0.15, -0.1) is 11.8 Å². The number of rotatable bonds is 7. The highest BCUT2D eigenvalue weighted by molar-refractivity contribution is 8.00. The van der Waals surface area contributed by atoms with Gasteiger partial charge in [-0.25, -0.2) is 0 Å². The third-order valence-corrected chi connectivity index (χ3v) is 5.42. The molecule has 2 amide bonds. The van der Waals surface area contributed by atoms with Crippen molar-refractivity contribution in [2.75, 3.05) is 10.6 Å². The van der Waals surface area contributed by atoms with E-state index >= 15 is 0 Å². The molecule has 0 spiro atoms. The molecule has 1 aliphatic carbocycles. The van der Waals surface area contributed by atoms with Gasteiger partial charge in [0.2, 0.25) is 11.8 Å². The Morgan fingerprint density at radius 2 is 1.48 bits per heavy atom. The Balaban J connectivity index is 1.52. The number of carbonyl (C=O) groups excluding carboxylic acids is 3. The van der Waals surface area contributed by atoms with Crippen LogP contribution in [0.4, 0.5) is 11.4 Å². The topological polar surface area (TPSA) is 75.3 Å². The molecular weight excluding hydrogens is 360 g/mol. The average Bonchev–Trinajstić information content (AvgIpc) is 3.49. The van der Waals surface area contributed by atoms with Crippen LogP contribution in [0.1, 0.15) is 37.0 Å². The minimum atomic E-state index is -0.288. The predicted molar refractivity (Wildman–Crippen MR) is 108 cm³/mol. The Morgan fingerprint density at radius 1 is 0.926 bits per heavy atom. The number of hydrogen-bond donors (Lipinski definition) is 2. The molecule has 2 N–H and O–H groups in total. The summed E-state index contributed by atoms with van der Waals surface area (Å²) >= 11 is 1.45. The second-order valence-corrected chi connectivity index (χ2v) is 8.08. The van der Waals surface area contributed by atoms with Crippen LogP contribution in [0.25, 0.3) is 0 Å². The van der Waals surface area contributed by atoms with E-state index in [9.17, 15) is 14.4 Å². The number of carbonyl (C=O) groups is 3. The fraction of sp³-hybridized carbons (Fsp3) is 0.286. The summed E-state index contributed by atoms with van der Waals surface area (Å²) in [6, 6.07) is 14.4. The maximum atomic E-state index is 12.4. The molecule has 3 rings (SSSR count). The first kappa shape index (κ1) is 19.2. The number of hydrogen-bond acceptors (Lipinski definition) is 4. The quantitative estimate of drug-likeness (QED) is 0.551. The van der Waals surface area contributed by atoms with Gasteiger partial charge in [0.15, 0.2) is 5.78 Å². The molecule has 6 heteroatoms. The fourth-order valence-corrected chi connectivity index (χ4v) is 3.36.